The number of carbonyl (C=O) groups excluding carboxylic acids is 1. The van der Waals surface area contributed by atoms with Crippen LogP contribution in [0.25, 0.3) is 11.0 Å². The van der Waals surface area contributed by atoms with Crippen molar-refractivity contribution >= 4 is 41.8 Å². The van der Waals surface area contributed by atoms with Crippen LogP contribution in [0.2, 0.25) is 0 Å². The molecule has 0 unspecified atom stereocenters. The highest BCUT2D eigenvalue weighted by atomic mass is 35.5. The molecule has 0 saturated heterocycles. The summed E-state index contributed by atoms with van der Waals surface area (Å²) in [5.74, 6) is 0.0645. The lowest BCUT2D eigenvalue weighted by Gasteiger charge is -2.19. The van der Waals surface area contributed by atoms with E-state index >= 15 is 0 Å². The van der Waals surface area contributed by atoms with Crippen molar-refractivity contribution in [2.75, 3.05) is 27.2 Å². The van der Waals surface area contributed by atoms with E-state index in [4.69, 9.17) is 0 Å². The topological polar surface area (TPSA) is 100 Å². The van der Waals surface area contributed by atoms with Gasteiger partial charge in [0.05, 0.1) is 10.9 Å². The SMILES string of the molecule is CCn1c(=O)[nH]c(=O)c2c(C(=O)N(C)CCNC)cc(C3CC3)nc21.Cl.Cl. The Bertz CT molecular complexity index is 937. The van der Waals surface area contributed by atoms with E-state index in [0.29, 0.717) is 36.8 Å². The van der Waals surface area contributed by atoms with Crippen LogP contribution in [0.1, 0.15) is 41.7 Å². The van der Waals surface area contributed by atoms with Crippen LogP contribution in [0.15, 0.2) is 15.7 Å². The van der Waals surface area contributed by atoms with Gasteiger partial charge < -0.3 is 10.2 Å². The van der Waals surface area contributed by atoms with Gasteiger partial charge in [0, 0.05) is 38.3 Å². The Kier molecular flexibility index (Phi) is 8.01. The highest BCUT2D eigenvalue weighted by Crippen LogP contribution is 2.40. The molecular weight excluding hydrogens is 393 g/mol. The van der Waals surface area contributed by atoms with Crippen molar-refractivity contribution in [3.63, 3.8) is 0 Å². The number of hydrogen-bond acceptors (Lipinski definition) is 5. The fraction of sp³-hybridized carbons (Fsp3) is 0.529. The standard InChI is InChI=1S/C17H23N5O3.2ClH/c1-4-22-14-13(15(23)20-17(22)25)11(9-12(19-14)10-5-6-10)16(24)21(3)8-7-18-2;;/h9-10,18H,4-8H2,1-3H3,(H,20,23,25);2*1H. The number of amides is 1. The quantitative estimate of drug-likeness (QED) is 0.733. The Morgan fingerprint density at radius 2 is 2.04 bits per heavy atom. The average Bonchev–Trinajstić information content (AvgIpc) is 3.43. The second-order valence-electron chi connectivity index (χ2n) is 6.40. The van der Waals surface area contributed by atoms with Crippen LogP contribution in [0, 0.1) is 0 Å². The first-order chi connectivity index (χ1) is 12.0. The van der Waals surface area contributed by atoms with Crippen LogP contribution in [0.3, 0.4) is 0 Å². The second-order valence-corrected chi connectivity index (χ2v) is 6.40. The largest absolute Gasteiger partial charge is 0.340 e. The predicted octanol–water partition coefficient (Wildman–Crippen LogP) is 1.12. The van der Waals surface area contributed by atoms with Gasteiger partial charge in [0.25, 0.3) is 11.5 Å². The molecule has 27 heavy (non-hydrogen) atoms. The van der Waals surface area contributed by atoms with E-state index in [2.05, 4.69) is 15.3 Å². The van der Waals surface area contributed by atoms with Gasteiger partial charge in [-0.05, 0) is 32.9 Å². The summed E-state index contributed by atoms with van der Waals surface area (Å²) in [6.45, 7) is 3.35. The third kappa shape index (κ3) is 4.51. The molecule has 0 aliphatic heterocycles. The zero-order chi connectivity index (χ0) is 18.1. The van der Waals surface area contributed by atoms with Gasteiger partial charge >= 0.3 is 5.69 Å². The zero-order valence-electron chi connectivity index (χ0n) is 15.6. The van der Waals surface area contributed by atoms with Crippen LogP contribution < -0.4 is 16.6 Å². The first kappa shape index (κ1) is 23.1. The molecule has 2 N–H and O–H groups in total. The third-order valence-corrected chi connectivity index (χ3v) is 4.55. The summed E-state index contributed by atoms with van der Waals surface area (Å²) in [6.07, 6.45) is 2.03. The molecule has 2 aromatic rings. The Hall–Kier alpha value is -1.90. The number of likely N-dealkylation sites (N-methyl/N-ethyl adjacent to an activating group) is 2. The van der Waals surface area contributed by atoms with Crippen LogP contribution in [-0.2, 0) is 6.54 Å². The molecule has 8 nitrogen and oxygen atoms in total. The Morgan fingerprint density at radius 1 is 1.37 bits per heavy atom. The predicted molar refractivity (Wildman–Crippen MR) is 110 cm³/mol. The van der Waals surface area contributed by atoms with Crippen LogP contribution >= 0.6 is 24.8 Å². The normalized spacial score (nSPS) is 13.0. The van der Waals surface area contributed by atoms with Crippen molar-refractivity contribution in [1.82, 2.24) is 24.8 Å². The highest BCUT2D eigenvalue weighted by Gasteiger charge is 2.29. The van der Waals surface area contributed by atoms with Gasteiger partial charge in [0.15, 0.2) is 5.65 Å². The summed E-state index contributed by atoms with van der Waals surface area (Å²) in [5.41, 5.74) is 0.331. The summed E-state index contributed by atoms with van der Waals surface area (Å²) in [7, 11) is 3.52. The molecule has 0 spiro atoms. The maximum absolute atomic E-state index is 12.9. The van der Waals surface area contributed by atoms with Gasteiger partial charge in [0.2, 0.25) is 0 Å². The molecule has 0 aromatic carbocycles. The van der Waals surface area contributed by atoms with Crippen LogP contribution in [-0.4, -0.2) is 52.5 Å². The van der Waals surface area contributed by atoms with E-state index in [1.54, 1.807) is 18.0 Å². The molecule has 1 amide bonds. The van der Waals surface area contributed by atoms with Crippen LogP contribution in [0.4, 0.5) is 0 Å². The van der Waals surface area contributed by atoms with Crippen molar-refractivity contribution in [3.8, 4) is 0 Å². The third-order valence-electron chi connectivity index (χ3n) is 4.55. The molecule has 1 aliphatic carbocycles. The number of halogens is 2. The van der Waals surface area contributed by atoms with Crippen molar-refractivity contribution in [2.45, 2.75) is 32.2 Å². The van der Waals surface area contributed by atoms with Crippen molar-refractivity contribution in [3.05, 3.63) is 38.2 Å². The lowest BCUT2D eigenvalue weighted by molar-refractivity contribution is 0.0798. The number of carbonyl (C=O) groups is 1. The molecule has 1 aliphatic rings. The zero-order valence-corrected chi connectivity index (χ0v) is 17.2. The van der Waals surface area contributed by atoms with E-state index in [0.717, 1.165) is 18.5 Å². The van der Waals surface area contributed by atoms with E-state index < -0.39 is 11.2 Å². The summed E-state index contributed by atoms with van der Waals surface area (Å²) < 4.78 is 1.41. The van der Waals surface area contributed by atoms with E-state index in [1.807, 2.05) is 14.0 Å². The molecule has 10 heteroatoms. The van der Waals surface area contributed by atoms with Gasteiger partial charge in [-0.3, -0.25) is 19.1 Å². The number of rotatable bonds is 6. The lowest BCUT2D eigenvalue weighted by atomic mass is 10.1. The number of nitrogens with zero attached hydrogens (tertiary/aromatic N) is 3. The molecule has 3 rings (SSSR count). The number of aromatic nitrogens is 3. The summed E-state index contributed by atoms with van der Waals surface area (Å²) >= 11 is 0. The van der Waals surface area contributed by atoms with E-state index in [-0.39, 0.29) is 36.1 Å². The molecule has 0 bridgehead atoms. The smallest absolute Gasteiger partial charge is 0.329 e. The van der Waals surface area contributed by atoms with Crippen molar-refractivity contribution in [2.24, 2.45) is 0 Å². The minimum atomic E-state index is -0.565. The summed E-state index contributed by atoms with van der Waals surface area (Å²) in [6, 6.07) is 1.72. The number of nitrogens with one attached hydrogen (secondary N) is 2. The molecule has 0 radical (unpaired) electrons. The molecule has 150 valence electrons. The Morgan fingerprint density at radius 3 is 2.59 bits per heavy atom. The first-order valence-corrected chi connectivity index (χ1v) is 8.55. The maximum Gasteiger partial charge on any atom is 0.329 e. The van der Waals surface area contributed by atoms with Gasteiger partial charge in [-0.2, -0.15) is 0 Å². The monoisotopic (exact) mass is 417 g/mol. The maximum atomic E-state index is 12.9. The number of aryl methyl sites for hydroxylation is 1. The minimum absolute atomic E-state index is 0. The number of pyridine rings is 1. The van der Waals surface area contributed by atoms with E-state index in [1.165, 1.54) is 4.57 Å². The number of H-pyrrole nitrogens is 1. The van der Waals surface area contributed by atoms with E-state index in [9.17, 15) is 14.4 Å². The summed E-state index contributed by atoms with van der Waals surface area (Å²) in [5, 5.41) is 3.19. The molecule has 2 heterocycles. The first-order valence-electron chi connectivity index (χ1n) is 8.55. The fourth-order valence-electron chi connectivity index (χ4n) is 2.93. The Labute approximate surface area is 169 Å². The number of fused-ring (bicyclic) bond motifs is 1. The van der Waals surface area contributed by atoms with Gasteiger partial charge in [0.1, 0.15) is 0 Å². The molecule has 0 atom stereocenters. The second kappa shape index (κ2) is 9.34. The molecule has 1 fully saturated rings. The van der Waals surface area contributed by atoms with Gasteiger partial charge in [-0.15, -0.1) is 24.8 Å². The number of aromatic amines is 1. The van der Waals surface area contributed by atoms with Crippen molar-refractivity contribution < 1.29 is 4.79 Å². The minimum Gasteiger partial charge on any atom is -0.340 e. The molecule has 1 saturated carbocycles. The molecule has 2 aromatic heterocycles. The fourth-order valence-corrected chi connectivity index (χ4v) is 2.93. The molecular formula is C17H25Cl2N5O3. The van der Waals surface area contributed by atoms with Gasteiger partial charge in [-0.25, -0.2) is 9.78 Å². The number of hydrogen-bond donors (Lipinski definition) is 2. The van der Waals surface area contributed by atoms with Crippen LogP contribution in [0.5, 0.6) is 0 Å². The summed E-state index contributed by atoms with van der Waals surface area (Å²) in [4.78, 5) is 45.9. The van der Waals surface area contributed by atoms with Gasteiger partial charge in [-0.1, -0.05) is 0 Å². The van der Waals surface area contributed by atoms with Crippen molar-refractivity contribution in [1.29, 1.82) is 0 Å². The Balaban J connectivity index is 0.00000182. The highest BCUT2D eigenvalue weighted by molar-refractivity contribution is 6.05. The lowest BCUT2D eigenvalue weighted by Crippen LogP contribution is -2.35. The average molecular weight is 418 g/mol.